The summed E-state index contributed by atoms with van der Waals surface area (Å²) in [5.74, 6) is 0.653. The predicted molar refractivity (Wildman–Crippen MR) is 93.4 cm³/mol. The Kier molecular flexibility index (Phi) is 5.82. The molecule has 1 N–H and O–H groups in total. The molecule has 1 amide bonds. The lowest BCUT2D eigenvalue weighted by atomic mass is 10.1. The number of thioether (sulfide) groups is 1. The number of hydrogen-bond acceptors (Lipinski definition) is 4. The standard InChI is InChI=1S/C18H19NO3S/c1-12(20)14-5-4-6-15(11-14)19-18(21)13(2)23-17-9-7-16(22-3)8-10-17/h4-11,13H,1-3H3,(H,19,21)/t13-/m0/s1. The first-order chi connectivity index (χ1) is 11.0. The lowest BCUT2D eigenvalue weighted by molar-refractivity contribution is -0.115. The first-order valence-corrected chi connectivity index (χ1v) is 8.10. The molecule has 0 fully saturated rings. The molecular weight excluding hydrogens is 310 g/mol. The van der Waals surface area contributed by atoms with Crippen LogP contribution in [0.2, 0.25) is 0 Å². The van der Waals surface area contributed by atoms with E-state index in [2.05, 4.69) is 5.32 Å². The van der Waals surface area contributed by atoms with Crippen molar-refractivity contribution in [1.82, 2.24) is 0 Å². The van der Waals surface area contributed by atoms with E-state index < -0.39 is 0 Å². The second-order valence-corrected chi connectivity index (χ2v) is 6.48. The van der Waals surface area contributed by atoms with E-state index in [0.717, 1.165) is 10.6 Å². The van der Waals surface area contributed by atoms with Gasteiger partial charge in [-0.3, -0.25) is 9.59 Å². The summed E-state index contributed by atoms with van der Waals surface area (Å²) in [5, 5.41) is 2.58. The Labute approximate surface area is 140 Å². The number of ketones is 1. The van der Waals surface area contributed by atoms with Crippen molar-refractivity contribution in [3.63, 3.8) is 0 Å². The summed E-state index contributed by atoms with van der Waals surface area (Å²) in [6, 6.07) is 14.5. The summed E-state index contributed by atoms with van der Waals surface area (Å²) in [5.41, 5.74) is 1.21. The molecule has 0 saturated heterocycles. The Morgan fingerprint density at radius 1 is 1.13 bits per heavy atom. The van der Waals surface area contributed by atoms with E-state index in [4.69, 9.17) is 4.74 Å². The molecule has 0 aliphatic rings. The number of carbonyl (C=O) groups excluding carboxylic acids is 2. The van der Waals surface area contributed by atoms with Gasteiger partial charge in [0.15, 0.2) is 5.78 Å². The van der Waals surface area contributed by atoms with Crippen LogP contribution in [0.4, 0.5) is 5.69 Å². The second-order valence-electron chi connectivity index (χ2n) is 5.06. The molecule has 1 atom stereocenters. The Morgan fingerprint density at radius 2 is 1.83 bits per heavy atom. The normalized spacial score (nSPS) is 11.6. The van der Waals surface area contributed by atoms with Crippen molar-refractivity contribution in [2.24, 2.45) is 0 Å². The fraction of sp³-hybridized carbons (Fsp3) is 0.222. The average molecular weight is 329 g/mol. The zero-order valence-corrected chi connectivity index (χ0v) is 14.1. The number of carbonyl (C=O) groups is 2. The van der Waals surface area contributed by atoms with E-state index >= 15 is 0 Å². The molecule has 0 spiro atoms. The number of amides is 1. The lowest BCUT2D eigenvalue weighted by Crippen LogP contribution is -2.22. The fourth-order valence-electron chi connectivity index (χ4n) is 1.97. The molecule has 23 heavy (non-hydrogen) atoms. The van der Waals surface area contributed by atoms with Crippen molar-refractivity contribution >= 4 is 29.1 Å². The van der Waals surface area contributed by atoms with E-state index in [-0.39, 0.29) is 16.9 Å². The van der Waals surface area contributed by atoms with E-state index in [1.807, 2.05) is 31.2 Å². The Hall–Kier alpha value is -2.27. The minimum absolute atomic E-state index is 0.0262. The van der Waals surface area contributed by atoms with Crippen LogP contribution in [-0.4, -0.2) is 24.1 Å². The highest BCUT2D eigenvalue weighted by molar-refractivity contribution is 8.00. The van der Waals surface area contributed by atoms with Gasteiger partial charge in [-0.1, -0.05) is 12.1 Å². The smallest absolute Gasteiger partial charge is 0.237 e. The Balaban J connectivity index is 1.99. The third kappa shape index (κ3) is 4.86. The summed E-state index contributed by atoms with van der Waals surface area (Å²) < 4.78 is 5.12. The van der Waals surface area contributed by atoms with Gasteiger partial charge >= 0.3 is 0 Å². The van der Waals surface area contributed by atoms with E-state index in [1.54, 1.807) is 31.4 Å². The highest BCUT2D eigenvalue weighted by Crippen LogP contribution is 2.26. The van der Waals surface area contributed by atoms with Crippen LogP contribution in [0.15, 0.2) is 53.4 Å². The summed E-state index contributed by atoms with van der Waals surface area (Å²) >= 11 is 1.47. The third-order valence-corrected chi connectivity index (χ3v) is 4.39. The van der Waals surface area contributed by atoms with Gasteiger partial charge in [0, 0.05) is 16.1 Å². The minimum atomic E-state index is -0.260. The zero-order valence-electron chi connectivity index (χ0n) is 13.3. The molecule has 0 aromatic heterocycles. The molecule has 120 valence electrons. The number of ether oxygens (including phenoxy) is 1. The molecule has 5 heteroatoms. The molecule has 0 heterocycles. The van der Waals surface area contributed by atoms with E-state index in [0.29, 0.717) is 11.3 Å². The van der Waals surface area contributed by atoms with Crippen LogP contribution >= 0.6 is 11.8 Å². The maximum Gasteiger partial charge on any atom is 0.237 e. The maximum atomic E-state index is 12.3. The highest BCUT2D eigenvalue weighted by atomic mass is 32.2. The van der Waals surface area contributed by atoms with Crippen LogP contribution < -0.4 is 10.1 Å². The van der Waals surface area contributed by atoms with Crippen LogP contribution in [0.25, 0.3) is 0 Å². The van der Waals surface area contributed by atoms with Crippen molar-refractivity contribution in [2.45, 2.75) is 24.0 Å². The Bertz CT molecular complexity index is 698. The van der Waals surface area contributed by atoms with Crippen molar-refractivity contribution < 1.29 is 14.3 Å². The lowest BCUT2D eigenvalue weighted by Gasteiger charge is -2.12. The van der Waals surface area contributed by atoms with Gasteiger partial charge in [-0.25, -0.2) is 0 Å². The van der Waals surface area contributed by atoms with Gasteiger partial charge in [-0.15, -0.1) is 11.8 Å². The summed E-state index contributed by atoms with van der Waals surface area (Å²) in [7, 11) is 1.62. The van der Waals surface area contributed by atoms with Gasteiger partial charge in [-0.2, -0.15) is 0 Å². The molecule has 2 rings (SSSR count). The summed E-state index contributed by atoms with van der Waals surface area (Å²) in [6.45, 7) is 3.35. The van der Waals surface area contributed by atoms with Crippen molar-refractivity contribution in [2.75, 3.05) is 12.4 Å². The molecule has 0 aliphatic carbocycles. The van der Waals surface area contributed by atoms with Crippen LogP contribution in [0, 0.1) is 0 Å². The molecule has 2 aromatic rings. The molecule has 2 aromatic carbocycles. The number of benzene rings is 2. The largest absolute Gasteiger partial charge is 0.497 e. The third-order valence-electron chi connectivity index (χ3n) is 3.28. The first-order valence-electron chi connectivity index (χ1n) is 7.22. The minimum Gasteiger partial charge on any atom is -0.497 e. The van der Waals surface area contributed by atoms with E-state index in [1.165, 1.54) is 18.7 Å². The molecule has 0 unspecified atom stereocenters. The molecule has 0 saturated carbocycles. The van der Waals surface area contributed by atoms with Crippen molar-refractivity contribution in [3.05, 3.63) is 54.1 Å². The second kappa shape index (κ2) is 7.83. The van der Waals surface area contributed by atoms with Gasteiger partial charge in [0.25, 0.3) is 0 Å². The quantitative estimate of drug-likeness (QED) is 0.642. The fourth-order valence-corrected chi connectivity index (χ4v) is 2.84. The van der Waals surface area contributed by atoms with Crippen molar-refractivity contribution in [1.29, 1.82) is 0 Å². The maximum absolute atomic E-state index is 12.3. The van der Waals surface area contributed by atoms with Crippen LogP contribution in [0.5, 0.6) is 5.75 Å². The summed E-state index contributed by atoms with van der Waals surface area (Å²) in [6.07, 6.45) is 0. The molecule has 4 nitrogen and oxygen atoms in total. The molecule has 0 aliphatic heterocycles. The van der Waals surface area contributed by atoms with E-state index in [9.17, 15) is 9.59 Å². The number of methoxy groups -OCH3 is 1. The highest BCUT2D eigenvalue weighted by Gasteiger charge is 2.15. The molecular formula is C18H19NO3S. The van der Waals surface area contributed by atoms with Gasteiger partial charge in [0.1, 0.15) is 5.75 Å². The Morgan fingerprint density at radius 3 is 2.43 bits per heavy atom. The van der Waals surface area contributed by atoms with Gasteiger partial charge in [-0.05, 0) is 50.2 Å². The zero-order chi connectivity index (χ0) is 16.8. The molecule has 0 bridgehead atoms. The number of rotatable bonds is 6. The van der Waals surface area contributed by atoms with Crippen LogP contribution in [-0.2, 0) is 4.79 Å². The first kappa shape index (κ1) is 17.1. The number of Topliss-reactive ketones (excluding diaryl/α,β-unsaturated/α-hetero) is 1. The number of hydrogen-bond donors (Lipinski definition) is 1. The van der Waals surface area contributed by atoms with Gasteiger partial charge in [0.05, 0.1) is 12.4 Å². The molecule has 0 radical (unpaired) electrons. The topological polar surface area (TPSA) is 55.4 Å². The van der Waals surface area contributed by atoms with Gasteiger partial charge in [0.2, 0.25) is 5.91 Å². The predicted octanol–water partition coefficient (Wildman–Crippen LogP) is 4.02. The number of anilines is 1. The monoisotopic (exact) mass is 329 g/mol. The van der Waals surface area contributed by atoms with Crippen LogP contribution in [0.3, 0.4) is 0 Å². The van der Waals surface area contributed by atoms with Gasteiger partial charge < -0.3 is 10.1 Å². The average Bonchev–Trinajstić information content (AvgIpc) is 2.55. The summed E-state index contributed by atoms with van der Waals surface area (Å²) in [4.78, 5) is 24.7. The number of nitrogens with one attached hydrogen (secondary N) is 1. The SMILES string of the molecule is COc1ccc(S[C@@H](C)C(=O)Nc2cccc(C(C)=O)c2)cc1. The van der Waals surface area contributed by atoms with Crippen LogP contribution in [0.1, 0.15) is 24.2 Å². The van der Waals surface area contributed by atoms with Crippen molar-refractivity contribution in [3.8, 4) is 5.75 Å².